The first kappa shape index (κ1) is 19.7. The predicted octanol–water partition coefficient (Wildman–Crippen LogP) is 6.15. The van der Waals surface area contributed by atoms with E-state index in [1.54, 1.807) is 5.57 Å². The van der Waals surface area contributed by atoms with E-state index in [0.29, 0.717) is 6.42 Å². The summed E-state index contributed by atoms with van der Waals surface area (Å²) < 4.78 is 0. The van der Waals surface area contributed by atoms with Crippen LogP contribution in [0, 0.1) is 17.8 Å². The summed E-state index contributed by atoms with van der Waals surface area (Å²) in [5.74, 6) is 1.71. The Bertz CT molecular complexity index is 408. The van der Waals surface area contributed by atoms with Crippen molar-refractivity contribution in [3.05, 3.63) is 37.0 Å². The Morgan fingerprint density at radius 2 is 1.91 bits per heavy atom. The molecule has 23 heavy (non-hydrogen) atoms. The van der Waals surface area contributed by atoms with Gasteiger partial charge in [-0.2, -0.15) is 0 Å². The average Bonchev–Trinajstić information content (AvgIpc) is 2.57. The lowest BCUT2D eigenvalue weighted by molar-refractivity contribution is -0.137. The van der Waals surface area contributed by atoms with Crippen LogP contribution in [0.5, 0.6) is 0 Å². The van der Waals surface area contributed by atoms with Gasteiger partial charge in [0.25, 0.3) is 0 Å². The number of hydrogen-bond donors (Lipinski definition) is 1. The topological polar surface area (TPSA) is 37.3 Å². The fourth-order valence-corrected chi connectivity index (χ4v) is 4.00. The molecule has 0 heterocycles. The minimum absolute atomic E-state index is 0.334. The van der Waals surface area contributed by atoms with Crippen LogP contribution in [0.1, 0.15) is 71.1 Å². The third-order valence-electron chi connectivity index (χ3n) is 5.24. The maximum Gasteiger partial charge on any atom is 0.303 e. The molecular formula is C21H34O2. The highest BCUT2D eigenvalue weighted by Crippen LogP contribution is 2.42. The van der Waals surface area contributed by atoms with Crippen LogP contribution in [0.15, 0.2) is 37.0 Å². The highest BCUT2D eigenvalue weighted by molar-refractivity contribution is 5.66. The van der Waals surface area contributed by atoms with E-state index in [4.69, 9.17) is 5.11 Å². The summed E-state index contributed by atoms with van der Waals surface area (Å²) in [5.41, 5.74) is 1.60. The first-order chi connectivity index (χ1) is 11.2. The molecule has 0 aromatic heterocycles. The van der Waals surface area contributed by atoms with Crippen molar-refractivity contribution in [2.24, 2.45) is 17.8 Å². The Hall–Kier alpha value is -1.31. The monoisotopic (exact) mass is 318 g/mol. The molecule has 1 N–H and O–H groups in total. The summed E-state index contributed by atoms with van der Waals surface area (Å²) in [4.78, 5) is 10.5. The maximum atomic E-state index is 10.5. The third-order valence-corrected chi connectivity index (χ3v) is 5.24. The van der Waals surface area contributed by atoms with Gasteiger partial charge in [0, 0.05) is 6.42 Å². The highest BCUT2D eigenvalue weighted by Gasteiger charge is 2.31. The van der Waals surface area contributed by atoms with E-state index in [1.807, 2.05) is 0 Å². The predicted molar refractivity (Wildman–Crippen MR) is 98.4 cm³/mol. The van der Waals surface area contributed by atoms with E-state index in [9.17, 15) is 4.79 Å². The van der Waals surface area contributed by atoms with Crippen LogP contribution in [-0.4, -0.2) is 11.1 Å². The Morgan fingerprint density at radius 1 is 1.22 bits per heavy atom. The van der Waals surface area contributed by atoms with Crippen LogP contribution < -0.4 is 0 Å². The lowest BCUT2D eigenvalue weighted by atomic mass is 9.68. The Kier molecular flexibility index (Phi) is 9.66. The van der Waals surface area contributed by atoms with Gasteiger partial charge in [0.1, 0.15) is 0 Å². The van der Waals surface area contributed by atoms with Gasteiger partial charge in [-0.15, -0.1) is 13.2 Å². The highest BCUT2D eigenvalue weighted by atomic mass is 16.4. The number of allylic oxidation sites excluding steroid dienone is 4. The minimum atomic E-state index is -0.658. The van der Waals surface area contributed by atoms with Crippen molar-refractivity contribution in [1.82, 2.24) is 0 Å². The summed E-state index contributed by atoms with van der Waals surface area (Å²) in [6.07, 6.45) is 18.6. The van der Waals surface area contributed by atoms with Crippen molar-refractivity contribution in [2.45, 2.75) is 71.1 Å². The fourth-order valence-electron chi connectivity index (χ4n) is 4.00. The zero-order valence-corrected chi connectivity index (χ0v) is 14.8. The zero-order valence-electron chi connectivity index (χ0n) is 14.8. The molecule has 2 aliphatic carbocycles. The molecule has 2 aliphatic rings. The second kappa shape index (κ2) is 11.3. The Morgan fingerprint density at radius 3 is 2.65 bits per heavy atom. The number of carbonyl (C=O) groups is 1. The summed E-state index contributed by atoms with van der Waals surface area (Å²) in [5, 5.41) is 8.61. The maximum absolute atomic E-state index is 10.5. The quantitative estimate of drug-likeness (QED) is 0.430. The van der Waals surface area contributed by atoms with Crippen molar-refractivity contribution >= 4 is 5.97 Å². The smallest absolute Gasteiger partial charge is 0.303 e. The Balaban J connectivity index is 0.00000127. The van der Waals surface area contributed by atoms with Crippen LogP contribution in [0.2, 0.25) is 0 Å². The number of aliphatic carboxylic acids is 1. The van der Waals surface area contributed by atoms with Gasteiger partial charge >= 0.3 is 5.97 Å². The first-order valence-corrected chi connectivity index (χ1v) is 9.28. The normalized spacial score (nSPS) is 25.8. The third kappa shape index (κ3) is 6.76. The average molecular weight is 319 g/mol. The van der Waals surface area contributed by atoms with E-state index in [0.717, 1.165) is 30.6 Å². The van der Waals surface area contributed by atoms with Gasteiger partial charge in [-0.1, -0.05) is 50.8 Å². The number of unbranched alkanes of at least 4 members (excludes halogenated alkanes) is 4. The summed E-state index contributed by atoms with van der Waals surface area (Å²) >= 11 is 0. The molecule has 0 saturated carbocycles. The lowest BCUT2D eigenvalue weighted by Crippen LogP contribution is -2.27. The van der Waals surface area contributed by atoms with Gasteiger partial charge in [-0.3, -0.25) is 4.79 Å². The van der Waals surface area contributed by atoms with Gasteiger partial charge in [-0.25, -0.2) is 0 Å². The molecule has 2 rings (SSSR count). The molecule has 0 saturated heterocycles. The van der Waals surface area contributed by atoms with E-state index in [-0.39, 0.29) is 0 Å². The molecule has 0 bridgehead atoms. The van der Waals surface area contributed by atoms with Crippen LogP contribution >= 0.6 is 0 Å². The number of carboxylic acid groups (broad SMARTS) is 1. The standard InChI is InChI=1S/C19H30O2.C2H4/c1-15-13-14-16-9-7-8-11-18(16)17(15)10-5-3-2-4-6-12-19(20)21;1-2/h9,13-15,17-18H,2-8,10-12H2,1H3,(H,20,21);1-2H2/t15?,17-,18?;/m0./s1. The molecule has 2 heteroatoms. The second-order valence-electron chi connectivity index (χ2n) is 6.82. The van der Waals surface area contributed by atoms with Crippen LogP contribution in [0.3, 0.4) is 0 Å². The molecule has 2 unspecified atom stereocenters. The van der Waals surface area contributed by atoms with Gasteiger partial charge in [0.15, 0.2) is 0 Å². The van der Waals surface area contributed by atoms with Crippen molar-refractivity contribution < 1.29 is 9.90 Å². The molecule has 0 spiro atoms. The van der Waals surface area contributed by atoms with Gasteiger partial charge in [0.05, 0.1) is 0 Å². The SMILES string of the molecule is C=C.CC1C=CC2=CCCCC2[C@H]1CCCCCCCC(=O)O. The van der Waals surface area contributed by atoms with Crippen molar-refractivity contribution in [1.29, 1.82) is 0 Å². The van der Waals surface area contributed by atoms with Crippen LogP contribution in [0.4, 0.5) is 0 Å². The van der Waals surface area contributed by atoms with Crippen LogP contribution in [-0.2, 0) is 4.79 Å². The summed E-state index contributed by atoms with van der Waals surface area (Å²) in [7, 11) is 0. The molecule has 0 radical (unpaired) electrons. The van der Waals surface area contributed by atoms with E-state index >= 15 is 0 Å². The molecule has 2 nitrogen and oxygen atoms in total. The largest absolute Gasteiger partial charge is 0.481 e. The fraction of sp³-hybridized carbons (Fsp3) is 0.667. The number of hydrogen-bond acceptors (Lipinski definition) is 1. The molecule has 0 aliphatic heterocycles. The van der Waals surface area contributed by atoms with Crippen molar-refractivity contribution in [3.63, 3.8) is 0 Å². The molecule has 0 amide bonds. The van der Waals surface area contributed by atoms with Crippen LogP contribution in [0.25, 0.3) is 0 Å². The summed E-state index contributed by atoms with van der Waals surface area (Å²) in [6.45, 7) is 8.37. The number of rotatable bonds is 8. The van der Waals surface area contributed by atoms with Gasteiger partial charge in [0.2, 0.25) is 0 Å². The summed E-state index contributed by atoms with van der Waals surface area (Å²) in [6, 6.07) is 0. The molecule has 130 valence electrons. The molecule has 0 aromatic rings. The minimum Gasteiger partial charge on any atom is -0.481 e. The van der Waals surface area contributed by atoms with E-state index < -0.39 is 5.97 Å². The number of fused-ring (bicyclic) bond motifs is 1. The Labute approximate surface area is 142 Å². The lowest BCUT2D eigenvalue weighted by Gasteiger charge is -2.37. The molecular weight excluding hydrogens is 284 g/mol. The molecule has 0 aromatic carbocycles. The first-order valence-electron chi connectivity index (χ1n) is 9.28. The molecule has 3 atom stereocenters. The number of carboxylic acids is 1. The van der Waals surface area contributed by atoms with Gasteiger partial charge in [-0.05, 0) is 55.4 Å². The van der Waals surface area contributed by atoms with Gasteiger partial charge < -0.3 is 5.11 Å². The zero-order chi connectivity index (χ0) is 17.1. The van der Waals surface area contributed by atoms with Crippen molar-refractivity contribution in [3.8, 4) is 0 Å². The second-order valence-corrected chi connectivity index (χ2v) is 6.82. The van der Waals surface area contributed by atoms with E-state index in [1.165, 1.54) is 44.9 Å². The van der Waals surface area contributed by atoms with E-state index in [2.05, 4.69) is 38.3 Å². The van der Waals surface area contributed by atoms with Crippen molar-refractivity contribution in [2.75, 3.05) is 0 Å². The molecule has 0 fully saturated rings.